The minimum atomic E-state index is 0.649. The molecule has 0 radical (unpaired) electrons. The zero-order chi connectivity index (χ0) is 11.4. The molecule has 0 aliphatic rings. The summed E-state index contributed by atoms with van der Waals surface area (Å²) in [7, 11) is 1.67. The molecule has 4 nitrogen and oxygen atoms in total. The van der Waals surface area contributed by atoms with Crippen molar-refractivity contribution in [3.8, 4) is 0 Å². The fraction of sp³-hybridized carbons (Fsp3) is 1.00. The smallest absolute Gasteiger partial charge is 0.0701 e. The Morgan fingerprint density at radius 1 is 0.800 bits per heavy atom. The summed E-state index contributed by atoms with van der Waals surface area (Å²) in [5.74, 6) is 0. The molecule has 0 fully saturated rings. The topological polar surface area (TPSA) is 30.9 Å². The van der Waals surface area contributed by atoms with Crippen LogP contribution in [-0.2, 0) is 14.2 Å². The molecule has 0 spiro atoms. The molecule has 0 aromatic heterocycles. The Balaban J connectivity index is 3.04. The lowest BCUT2D eigenvalue weighted by Gasteiger charge is -2.17. The first-order chi connectivity index (χ1) is 7.35. The van der Waals surface area contributed by atoms with Gasteiger partial charge in [0.1, 0.15) is 0 Å². The zero-order valence-corrected chi connectivity index (χ0v) is 10.3. The summed E-state index contributed by atoms with van der Waals surface area (Å²) in [6, 6.07) is 0. The van der Waals surface area contributed by atoms with Crippen LogP contribution in [0.1, 0.15) is 13.8 Å². The van der Waals surface area contributed by atoms with Crippen LogP contribution >= 0.6 is 0 Å². The Labute approximate surface area is 93.5 Å². The third-order valence-corrected chi connectivity index (χ3v) is 2.25. The lowest BCUT2D eigenvalue weighted by Crippen LogP contribution is -2.27. The maximum absolute atomic E-state index is 5.44. The monoisotopic (exact) mass is 219 g/mol. The fourth-order valence-electron chi connectivity index (χ4n) is 1.20. The number of hydrogen-bond donors (Lipinski definition) is 0. The first-order valence-corrected chi connectivity index (χ1v) is 5.71. The molecule has 0 rings (SSSR count). The zero-order valence-electron chi connectivity index (χ0n) is 10.3. The molecule has 92 valence electrons. The van der Waals surface area contributed by atoms with E-state index >= 15 is 0 Å². The second-order valence-electron chi connectivity index (χ2n) is 3.24. The van der Waals surface area contributed by atoms with Crippen molar-refractivity contribution in [1.82, 2.24) is 4.90 Å². The summed E-state index contributed by atoms with van der Waals surface area (Å²) in [6.07, 6.45) is 0. The van der Waals surface area contributed by atoms with Crippen molar-refractivity contribution in [3.05, 3.63) is 0 Å². The molecule has 0 saturated heterocycles. The molecule has 0 aliphatic carbocycles. The number of methoxy groups -OCH3 is 1. The predicted octanol–water partition coefficient (Wildman–Crippen LogP) is 1.01. The number of ether oxygens (including phenoxy) is 3. The van der Waals surface area contributed by atoms with E-state index in [9.17, 15) is 0 Å². The van der Waals surface area contributed by atoms with E-state index in [1.807, 2.05) is 0 Å². The van der Waals surface area contributed by atoms with Crippen LogP contribution in [0.25, 0.3) is 0 Å². The van der Waals surface area contributed by atoms with Gasteiger partial charge in [0.05, 0.1) is 33.0 Å². The van der Waals surface area contributed by atoms with Crippen LogP contribution in [-0.4, -0.2) is 64.7 Å². The maximum atomic E-state index is 5.44. The highest BCUT2D eigenvalue weighted by molar-refractivity contribution is 4.49. The molecule has 0 aromatic rings. The molecular weight excluding hydrogens is 194 g/mol. The molecule has 0 aliphatic heterocycles. The largest absolute Gasteiger partial charge is 0.382 e. The minimum absolute atomic E-state index is 0.649. The van der Waals surface area contributed by atoms with E-state index in [4.69, 9.17) is 14.2 Å². The molecule has 0 unspecified atom stereocenters. The average molecular weight is 219 g/mol. The Kier molecular flexibility index (Phi) is 11.8. The van der Waals surface area contributed by atoms with Gasteiger partial charge in [-0.3, -0.25) is 0 Å². The van der Waals surface area contributed by atoms with Crippen LogP contribution in [0.5, 0.6) is 0 Å². The lowest BCUT2D eigenvalue weighted by atomic mass is 10.5. The van der Waals surface area contributed by atoms with E-state index in [0.29, 0.717) is 26.4 Å². The minimum Gasteiger partial charge on any atom is -0.382 e. The predicted molar refractivity (Wildman–Crippen MR) is 61.3 cm³/mol. The lowest BCUT2D eigenvalue weighted by molar-refractivity contribution is 0.0200. The van der Waals surface area contributed by atoms with Crippen LogP contribution < -0.4 is 0 Å². The number of nitrogens with zero attached hydrogens (tertiary/aromatic N) is 1. The fourth-order valence-corrected chi connectivity index (χ4v) is 1.20. The van der Waals surface area contributed by atoms with Gasteiger partial charge in [-0.15, -0.1) is 0 Å². The van der Waals surface area contributed by atoms with E-state index in [1.54, 1.807) is 7.11 Å². The van der Waals surface area contributed by atoms with E-state index in [1.165, 1.54) is 0 Å². The van der Waals surface area contributed by atoms with E-state index in [2.05, 4.69) is 18.7 Å². The van der Waals surface area contributed by atoms with Gasteiger partial charge in [0.2, 0.25) is 0 Å². The van der Waals surface area contributed by atoms with Gasteiger partial charge < -0.3 is 19.1 Å². The van der Waals surface area contributed by atoms with Crippen molar-refractivity contribution in [2.45, 2.75) is 13.8 Å². The molecule has 0 aromatic carbocycles. The summed E-state index contributed by atoms with van der Waals surface area (Å²) in [5, 5.41) is 0. The van der Waals surface area contributed by atoms with E-state index in [-0.39, 0.29) is 0 Å². The molecule has 4 heteroatoms. The van der Waals surface area contributed by atoms with E-state index in [0.717, 1.165) is 26.2 Å². The molecule has 0 atom stereocenters. The van der Waals surface area contributed by atoms with Gasteiger partial charge in [-0.1, -0.05) is 13.8 Å². The molecule has 15 heavy (non-hydrogen) atoms. The second-order valence-corrected chi connectivity index (χ2v) is 3.24. The Morgan fingerprint density at radius 3 is 1.87 bits per heavy atom. The average Bonchev–Trinajstić information content (AvgIpc) is 2.27. The summed E-state index contributed by atoms with van der Waals surface area (Å²) in [6.45, 7) is 10.9. The highest BCUT2D eigenvalue weighted by Gasteiger charge is 1.97. The summed E-state index contributed by atoms with van der Waals surface area (Å²) < 4.78 is 15.6. The second kappa shape index (κ2) is 11.9. The normalized spacial score (nSPS) is 11.2. The van der Waals surface area contributed by atoms with Gasteiger partial charge in [-0.05, 0) is 13.1 Å². The standard InChI is InChI=1S/C11H25NO3/c1-4-12(5-2)6-7-14-10-11-15-9-8-13-3/h4-11H2,1-3H3. The Hall–Kier alpha value is -0.160. The van der Waals surface area contributed by atoms with Crippen molar-refractivity contribution < 1.29 is 14.2 Å². The van der Waals surface area contributed by atoms with Crippen molar-refractivity contribution >= 4 is 0 Å². The quantitative estimate of drug-likeness (QED) is 0.485. The van der Waals surface area contributed by atoms with Gasteiger partial charge >= 0.3 is 0 Å². The Bertz CT molecular complexity index is 118. The summed E-state index contributed by atoms with van der Waals surface area (Å²) in [4.78, 5) is 2.34. The number of likely N-dealkylation sites (N-methyl/N-ethyl adjacent to an activating group) is 1. The van der Waals surface area contributed by atoms with Gasteiger partial charge in [-0.25, -0.2) is 0 Å². The first-order valence-electron chi connectivity index (χ1n) is 5.71. The van der Waals surface area contributed by atoms with Crippen LogP contribution in [0.3, 0.4) is 0 Å². The Morgan fingerprint density at radius 2 is 1.33 bits per heavy atom. The molecule has 0 bridgehead atoms. The van der Waals surface area contributed by atoms with Crippen LogP contribution in [0, 0.1) is 0 Å². The third-order valence-electron chi connectivity index (χ3n) is 2.25. The summed E-state index contributed by atoms with van der Waals surface area (Å²) >= 11 is 0. The molecule has 0 N–H and O–H groups in total. The first kappa shape index (κ1) is 14.8. The highest BCUT2D eigenvalue weighted by Crippen LogP contribution is 1.87. The van der Waals surface area contributed by atoms with Gasteiger partial charge in [0, 0.05) is 13.7 Å². The van der Waals surface area contributed by atoms with Crippen molar-refractivity contribution in [2.75, 3.05) is 59.8 Å². The molecule has 0 saturated carbocycles. The van der Waals surface area contributed by atoms with Crippen LogP contribution in [0.15, 0.2) is 0 Å². The summed E-state index contributed by atoms with van der Waals surface area (Å²) in [5.41, 5.74) is 0. The number of hydrogen-bond acceptors (Lipinski definition) is 4. The van der Waals surface area contributed by atoms with Crippen molar-refractivity contribution in [3.63, 3.8) is 0 Å². The molecular formula is C11H25NO3. The van der Waals surface area contributed by atoms with Crippen LogP contribution in [0.4, 0.5) is 0 Å². The molecule has 0 amide bonds. The number of rotatable bonds is 11. The van der Waals surface area contributed by atoms with Crippen molar-refractivity contribution in [1.29, 1.82) is 0 Å². The highest BCUT2D eigenvalue weighted by atomic mass is 16.5. The van der Waals surface area contributed by atoms with Gasteiger partial charge in [0.15, 0.2) is 0 Å². The maximum Gasteiger partial charge on any atom is 0.0701 e. The van der Waals surface area contributed by atoms with Crippen LogP contribution in [0.2, 0.25) is 0 Å². The van der Waals surface area contributed by atoms with Crippen molar-refractivity contribution in [2.24, 2.45) is 0 Å². The SMILES string of the molecule is CCN(CC)CCOCCOCCOC. The molecule has 0 heterocycles. The van der Waals surface area contributed by atoms with E-state index < -0.39 is 0 Å². The van der Waals surface area contributed by atoms with Gasteiger partial charge in [0.25, 0.3) is 0 Å². The third kappa shape index (κ3) is 10.1. The van der Waals surface area contributed by atoms with Gasteiger partial charge in [-0.2, -0.15) is 0 Å².